The molecule has 0 saturated heterocycles. The number of hydrogen-bond acceptors (Lipinski definition) is 4. The molecule has 2 amide bonds. The molecule has 1 aromatic carbocycles. The van der Waals surface area contributed by atoms with Crippen LogP contribution < -0.4 is 16.2 Å². The third-order valence-corrected chi connectivity index (χ3v) is 4.53. The van der Waals surface area contributed by atoms with Gasteiger partial charge >= 0.3 is 0 Å². The first-order valence-electron chi connectivity index (χ1n) is 9.52. The summed E-state index contributed by atoms with van der Waals surface area (Å²) in [6.45, 7) is 7.94. The minimum Gasteiger partial charge on any atom is -0.352 e. The molecule has 0 unspecified atom stereocenters. The zero-order chi connectivity index (χ0) is 21.6. The molecule has 29 heavy (non-hydrogen) atoms. The molecule has 0 saturated carbocycles. The lowest BCUT2D eigenvalue weighted by molar-refractivity contribution is -0.116. The first-order valence-corrected chi connectivity index (χ1v) is 9.52. The highest BCUT2D eigenvalue weighted by Gasteiger charge is 2.14. The standard InChI is InChI=1S/C22H26N4O3/c1-14(2)8-9-24-21(28)17-6-5-7-18(11-17)25-20(27)13-26-16(4)10-15(3)19(12-23)22(26)29/h5-7,10-11,14H,8-9,13H2,1-4H3,(H,24,28)(H,25,27). The Hall–Kier alpha value is -3.40. The minimum atomic E-state index is -0.488. The average molecular weight is 394 g/mol. The predicted octanol–water partition coefficient (Wildman–Crippen LogP) is 2.75. The smallest absolute Gasteiger partial charge is 0.269 e. The summed E-state index contributed by atoms with van der Waals surface area (Å²) >= 11 is 0. The van der Waals surface area contributed by atoms with E-state index in [0.29, 0.717) is 35.0 Å². The van der Waals surface area contributed by atoms with Gasteiger partial charge in [0.25, 0.3) is 11.5 Å². The molecule has 0 aliphatic carbocycles. The molecule has 0 atom stereocenters. The van der Waals surface area contributed by atoms with Gasteiger partial charge in [-0.25, -0.2) is 0 Å². The van der Waals surface area contributed by atoms with Crippen LogP contribution in [0.25, 0.3) is 0 Å². The van der Waals surface area contributed by atoms with Crippen LogP contribution in [0.5, 0.6) is 0 Å². The van der Waals surface area contributed by atoms with Crippen LogP contribution in [-0.4, -0.2) is 22.9 Å². The molecule has 2 aromatic rings. The number of nitrogens with zero attached hydrogens (tertiary/aromatic N) is 2. The molecule has 152 valence electrons. The summed E-state index contributed by atoms with van der Waals surface area (Å²) < 4.78 is 1.27. The van der Waals surface area contributed by atoms with Gasteiger partial charge in [0, 0.05) is 23.5 Å². The lowest BCUT2D eigenvalue weighted by Crippen LogP contribution is -2.31. The number of nitrogens with one attached hydrogen (secondary N) is 2. The van der Waals surface area contributed by atoms with E-state index in [1.807, 2.05) is 6.07 Å². The molecule has 0 spiro atoms. The topological polar surface area (TPSA) is 104 Å². The molecule has 1 heterocycles. The van der Waals surface area contributed by atoms with Crippen molar-refractivity contribution in [1.82, 2.24) is 9.88 Å². The molecule has 0 bridgehead atoms. The van der Waals surface area contributed by atoms with Crippen LogP contribution in [0.15, 0.2) is 35.1 Å². The van der Waals surface area contributed by atoms with Gasteiger partial charge in [0.1, 0.15) is 18.2 Å². The molecular formula is C22H26N4O3. The van der Waals surface area contributed by atoms with Gasteiger partial charge in [-0.3, -0.25) is 14.4 Å². The van der Waals surface area contributed by atoms with Crippen molar-refractivity contribution in [3.8, 4) is 6.07 Å². The van der Waals surface area contributed by atoms with E-state index in [-0.39, 0.29) is 18.0 Å². The van der Waals surface area contributed by atoms with E-state index in [2.05, 4.69) is 24.5 Å². The van der Waals surface area contributed by atoms with Crippen molar-refractivity contribution in [3.63, 3.8) is 0 Å². The van der Waals surface area contributed by atoms with Gasteiger partial charge in [-0.15, -0.1) is 0 Å². The van der Waals surface area contributed by atoms with Gasteiger partial charge in [-0.1, -0.05) is 19.9 Å². The SMILES string of the molecule is Cc1cc(C)n(CC(=O)Nc2cccc(C(=O)NCCC(C)C)c2)c(=O)c1C#N. The van der Waals surface area contributed by atoms with Crippen molar-refractivity contribution in [2.24, 2.45) is 5.92 Å². The Kier molecular flexibility index (Phi) is 7.32. The highest BCUT2D eigenvalue weighted by Crippen LogP contribution is 2.12. The summed E-state index contributed by atoms with van der Waals surface area (Å²) in [7, 11) is 0. The third-order valence-electron chi connectivity index (χ3n) is 4.53. The second kappa shape index (κ2) is 9.69. The first kappa shape index (κ1) is 21.9. The van der Waals surface area contributed by atoms with E-state index in [1.54, 1.807) is 44.2 Å². The third kappa shape index (κ3) is 5.79. The maximum atomic E-state index is 12.4. The van der Waals surface area contributed by atoms with Gasteiger partial charge in [-0.05, 0) is 56.0 Å². The van der Waals surface area contributed by atoms with E-state index in [0.717, 1.165) is 6.42 Å². The largest absolute Gasteiger partial charge is 0.352 e. The van der Waals surface area contributed by atoms with E-state index in [9.17, 15) is 14.4 Å². The summed E-state index contributed by atoms with van der Waals surface area (Å²) in [4.78, 5) is 37.1. The van der Waals surface area contributed by atoms with Gasteiger partial charge in [0.15, 0.2) is 0 Å². The Morgan fingerprint density at radius 2 is 1.93 bits per heavy atom. The van der Waals surface area contributed by atoms with Crippen molar-refractivity contribution in [1.29, 1.82) is 5.26 Å². The molecule has 7 heteroatoms. The number of pyridine rings is 1. The van der Waals surface area contributed by atoms with Gasteiger partial charge in [-0.2, -0.15) is 5.26 Å². The molecular weight excluding hydrogens is 368 g/mol. The van der Waals surface area contributed by atoms with Crippen molar-refractivity contribution < 1.29 is 9.59 Å². The fourth-order valence-electron chi connectivity index (χ4n) is 2.92. The van der Waals surface area contributed by atoms with Crippen LogP contribution in [0.2, 0.25) is 0 Å². The Labute approximate surface area is 170 Å². The zero-order valence-electron chi connectivity index (χ0n) is 17.2. The number of hydrogen-bond donors (Lipinski definition) is 2. The van der Waals surface area contributed by atoms with E-state index in [1.165, 1.54) is 4.57 Å². The molecule has 2 N–H and O–H groups in total. The Bertz CT molecular complexity index is 1020. The number of aryl methyl sites for hydroxylation is 2. The molecule has 0 aliphatic rings. The molecule has 2 rings (SSSR count). The number of nitriles is 1. The van der Waals surface area contributed by atoms with E-state index >= 15 is 0 Å². The average Bonchev–Trinajstić information content (AvgIpc) is 2.65. The molecule has 0 aliphatic heterocycles. The first-order chi connectivity index (χ1) is 13.7. The van der Waals surface area contributed by atoms with Crippen LogP contribution in [-0.2, 0) is 11.3 Å². The van der Waals surface area contributed by atoms with Crippen LogP contribution in [0.3, 0.4) is 0 Å². The Balaban J connectivity index is 2.10. The highest BCUT2D eigenvalue weighted by atomic mass is 16.2. The summed E-state index contributed by atoms with van der Waals surface area (Å²) in [6, 6.07) is 10.2. The van der Waals surface area contributed by atoms with Crippen molar-refractivity contribution in [2.45, 2.75) is 40.7 Å². The van der Waals surface area contributed by atoms with Crippen LogP contribution in [0.4, 0.5) is 5.69 Å². The normalized spacial score (nSPS) is 10.5. The molecule has 0 fully saturated rings. The van der Waals surface area contributed by atoms with Crippen molar-refractivity contribution >= 4 is 17.5 Å². The fraction of sp³-hybridized carbons (Fsp3) is 0.364. The minimum absolute atomic E-state index is 0.0310. The van der Waals surface area contributed by atoms with Crippen LogP contribution in [0.1, 0.15) is 47.4 Å². The molecule has 7 nitrogen and oxygen atoms in total. The number of benzene rings is 1. The number of carbonyl (C=O) groups is 2. The summed E-state index contributed by atoms with van der Waals surface area (Å²) in [5, 5.41) is 14.7. The van der Waals surface area contributed by atoms with Crippen molar-refractivity contribution in [2.75, 3.05) is 11.9 Å². The van der Waals surface area contributed by atoms with Gasteiger partial charge in [0.2, 0.25) is 5.91 Å². The van der Waals surface area contributed by atoms with Gasteiger partial charge in [0.05, 0.1) is 0 Å². The van der Waals surface area contributed by atoms with Gasteiger partial charge < -0.3 is 15.2 Å². The van der Waals surface area contributed by atoms with E-state index < -0.39 is 11.5 Å². The number of aromatic nitrogens is 1. The number of anilines is 1. The van der Waals surface area contributed by atoms with E-state index in [4.69, 9.17) is 5.26 Å². The zero-order valence-corrected chi connectivity index (χ0v) is 17.2. The predicted molar refractivity (Wildman–Crippen MR) is 112 cm³/mol. The summed E-state index contributed by atoms with van der Waals surface area (Å²) in [5.74, 6) is -0.123. The lowest BCUT2D eigenvalue weighted by atomic mass is 10.1. The molecule has 0 radical (unpaired) electrons. The van der Waals surface area contributed by atoms with Crippen molar-refractivity contribution in [3.05, 3.63) is 63.1 Å². The second-order valence-corrected chi connectivity index (χ2v) is 7.41. The van der Waals surface area contributed by atoms with Crippen LogP contribution in [0, 0.1) is 31.1 Å². The number of carbonyl (C=O) groups excluding carboxylic acids is 2. The molecule has 1 aromatic heterocycles. The summed E-state index contributed by atoms with van der Waals surface area (Å²) in [6.07, 6.45) is 0.886. The second-order valence-electron chi connectivity index (χ2n) is 7.41. The number of rotatable bonds is 7. The Morgan fingerprint density at radius 3 is 2.59 bits per heavy atom. The summed E-state index contributed by atoms with van der Waals surface area (Å²) in [5.41, 5.74) is 1.64. The highest BCUT2D eigenvalue weighted by molar-refractivity contribution is 5.97. The maximum Gasteiger partial charge on any atom is 0.269 e. The number of amides is 2. The van der Waals surface area contributed by atoms with Crippen LogP contribution >= 0.6 is 0 Å². The Morgan fingerprint density at radius 1 is 1.21 bits per heavy atom. The monoisotopic (exact) mass is 394 g/mol. The fourth-order valence-corrected chi connectivity index (χ4v) is 2.92. The maximum absolute atomic E-state index is 12.4. The quantitative estimate of drug-likeness (QED) is 0.753. The lowest BCUT2D eigenvalue weighted by Gasteiger charge is -2.13.